The van der Waals surface area contributed by atoms with Crippen LogP contribution in [0.15, 0.2) is 22.4 Å². The molecule has 1 aliphatic rings. The van der Waals surface area contributed by atoms with E-state index in [0.29, 0.717) is 22.2 Å². The maximum absolute atomic E-state index is 12.3. The lowest BCUT2D eigenvalue weighted by Crippen LogP contribution is -2.12. The highest BCUT2D eigenvalue weighted by Crippen LogP contribution is 2.34. The number of thiazole rings is 1. The van der Waals surface area contributed by atoms with Gasteiger partial charge in [0, 0.05) is 5.56 Å². The maximum Gasteiger partial charge on any atom is 0.257 e. The van der Waals surface area contributed by atoms with E-state index >= 15 is 0 Å². The number of nitrogens with zero attached hydrogens (tertiary/aromatic N) is 1. The van der Waals surface area contributed by atoms with Crippen molar-refractivity contribution < 1.29 is 19.1 Å². The standard InChI is InChI=1S/C14H13N3O4S2/c1-7-13(22-5-11(15)18)23-14(16-7)17-12(19)8-2-3-9-10(4-8)21-6-20-9/h2-4H,5-6H2,1H3,(H2,15,18)(H,16,17,19). The van der Waals surface area contributed by atoms with Gasteiger partial charge in [-0.3, -0.25) is 14.9 Å². The van der Waals surface area contributed by atoms with Gasteiger partial charge in [0.05, 0.1) is 15.7 Å². The highest BCUT2D eigenvalue weighted by atomic mass is 32.2. The molecule has 23 heavy (non-hydrogen) atoms. The van der Waals surface area contributed by atoms with Crippen molar-refractivity contribution in [3.63, 3.8) is 0 Å². The third-order valence-corrected chi connectivity index (χ3v) is 5.41. The Morgan fingerprint density at radius 1 is 1.39 bits per heavy atom. The number of ether oxygens (including phenoxy) is 2. The number of aromatic nitrogens is 1. The molecule has 0 saturated heterocycles. The molecule has 0 bridgehead atoms. The molecule has 2 aromatic rings. The summed E-state index contributed by atoms with van der Waals surface area (Å²) in [6.07, 6.45) is 0. The van der Waals surface area contributed by atoms with Gasteiger partial charge in [0.15, 0.2) is 16.6 Å². The van der Waals surface area contributed by atoms with E-state index in [1.807, 2.05) is 6.92 Å². The van der Waals surface area contributed by atoms with E-state index in [-0.39, 0.29) is 18.5 Å². The topological polar surface area (TPSA) is 104 Å². The fourth-order valence-corrected chi connectivity index (χ4v) is 3.79. The quantitative estimate of drug-likeness (QED) is 0.799. The smallest absolute Gasteiger partial charge is 0.257 e. The molecule has 7 nitrogen and oxygen atoms in total. The van der Waals surface area contributed by atoms with E-state index in [2.05, 4.69) is 10.3 Å². The molecular weight excluding hydrogens is 338 g/mol. The minimum Gasteiger partial charge on any atom is -0.454 e. The molecule has 0 spiro atoms. The van der Waals surface area contributed by atoms with E-state index in [9.17, 15) is 9.59 Å². The summed E-state index contributed by atoms with van der Waals surface area (Å²) in [6, 6.07) is 4.98. The molecule has 0 saturated carbocycles. The van der Waals surface area contributed by atoms with Gasteiger partial charge in [-0.15, -0.1) is 11.8 Å². The fourth-order valence-electron chi connectivity index (χ4n) is 1.91. The van der Waals surface area contributed by atoms with Crippen LogP contribution in [0.2, 0.25) is 0 Å². The largest absolute Gasteiger partial charge is 0.454 e. The summed E-state index contributed by atoms with van der Waals surface area (Å²) in [5.41, 5.74) is 6.34. The number of carbonyl (C=O) groups is 2. The van der Waals surface area contributed by atoms with Gasteiger partial charge in [-0.1, -0.05) is 11.3 Å². The monoisotopic (exact) mass is 351 g/mol. The Bertz CT molecular complexity index is 775. The minimum absolute atomic E-state index is 0.159. The zero-order valence-electron chi connectivity index (χ0n) is 12.1. The highest BCUT2D eigenvalue weighted by Gasteiger charge is 2.17. The number of fused-ring (bicyclic) bond motifs is 1. The van der Waals surface area contributed by atoms with Crippen LogP contribution < -0.4 is 20.5 Å². The van der Waals surface area contributed by atoms with E-state index < -0.39 is 5.91 Å². The van der Waals surface area contributed by atoms with Crippen molar-refractivity contribution in [2.24, 2.45) is 5.73 Å². The predicted molar refractivity (Wildman–Crippen MR) is 87.3 cm³/mol. The average Bonchev–Trinajstić information content (AvgIpc) is 3.10. The Kier molecular flexibility index (Phi) is 4.39. The number of amides is 2. The Hall–Kier alpha value is -2.26. The van der Waals surface area contributed by atoms with Crippen molar-refractivity contribution in [2.45, 2.75) is 11.1 Å². The molecule has 1 aromatic carbocycles. The molecule has 1 aliphatic heterocycles. The Labute approximate surface area is 140 Å². The molecule has 0 fully saturated rings. The normalized spacial score (nSPS) is 12.2. The summed E-state index contributed by atoms with van der Waals surface area (Å²) in [5, 5.41) is 3.21. The van der Waals surface area contributed by atoms with Crippen LogP contribution in [0.25, 0.3) is 0 Å². The first-order valence-corrected chi connectivity index (χ1v) is 8.42. The number of thioether (sulfide) groups is 1. The molecule has 1 aromatic heterocycles. The first kappa shape index (κ1) is 15.6. The van der Waals surface area contributed by atoms with Gasteiger partial charge in [0.25, 0.3) is 5.91 Å². The van der Waals surface area contributed by atoms with Crippen LogP contribution in [-0.2, 0) is 4.79 Å². The summed E-state index contributed by atoms with van der Waals surface area (Å²) in [5.74, 6) is 0.665. The number of aryl methyl sites for hydroxylation is 1. The van der Waals surface area contributed by atoms with E-state index in [0.717, 1.165) is 9.90 Å². The molecule has 3 rings (SSSR count). The van der Waals surface area contributed by atoms with Crippen LogP contribution in [0.3, 0.4) is 0 Å². The lowest BCUT2D eigenvalue weighted by molar-refractivity contribution is -0.115. The van der Waals surface area contributed by atoms with Crippen LogP contribution in [-0.4, -0.2) is 29.3 Å². The Morgan fingerprint density at radius 2 is 2.17 bits per heavy atom. The highest BCUT2D eigenvalue weighted by molar-refractivity contribution is 8.01. The van der Waals surface area contributed by atoms with Crippen LogP contribution in [0, 0.1) is 6.92 Å². The molecule has 0 atom stereocenters. The second kappa shape index (κ2) is 6.47. The van der Waals surface area contributed by atoms with Crippen molar-refractivity contribution in [2.75, 3.05) is 17.9 Å². The number of nitrogens with one attached hydrogen (secondary N) is 1. The number of anilines is 1. The predicted octanol–water partition coefficient (Wildman–Crippen LogP) is 2.01. The van der Waals surface area contributed by atoms with Gasteiger partial charge in [0.1, 0.15) is 0 Å². The third-order valence-electron chi connectivity index (χ3n) is 2.95. The van der Waals surface area contributed by atoms with E-state index in [1.54, 1.807) is 18.2 Å². The van der Waals surface area contributed by atoms with Gasteiger partial charge < -0.3 is 15.2 Å². The number of carbonyl (C=O) groups excluding carboxylic acids is 2. The minimum atomic E-state index is -0.395. The zero-order valence-corrected chi connectivity index (χ0v) is 13.8. The third kappa shape index (κ3) is 3.57. The van der Waals surface area contributed by atoms with Crippen molar-refractivity contribution in [3.05, 3.63) is 29.5 Å². The molecule has 120 valence electrons. The van der Waals surface area contributed by atoms with Gasteiger partial charge in [-0.05, 0) is 25.1 Å². The number of hydrogen-bond acceptors (Lipinski definition) is 7. The summed E-state index contributed by atoms with van der Waals surface area (Å²) in [6.45, 7) is 1.97. The first-order chi connectivity index (χ1) is 11.0. The second-order valence-corrected chi connectivity index (χ2v) is 6.91. The lowest BCUT2D eigenvalue weighted by Gasteiger charge is -2.02. The summed E-state index contributed by atoms with van der Waals surface area (Å²) in [4.78, 5) is 27.4. The maximum atomic E-state index is 12.3. The second-order valence-electron chi connectivity index (χ2n) is 4.67. The number of hydrogen-bond donors (Lipinski definition) is 2. The van der Waals surface area contributed by atoms with Gasteiger partial charge >= 0.3 is 0 Å². The Morgan fingerprint density at radius 3 is 2.96 bits per heavy atom. The first-order valence-electron chi connectivity index (χ1n) is 6.62. The van der Waals surface area contributed by atoms with Crippen molar-refractivity contribution in [3.8, 4) is 11.5 Å². The molecule has 2 heterocycles. The summed E-state index contributed by atoms with van der Waals surface area (Å²) in [7, 11) is 0. The van der Waals surface area contributed by atoms with Crippen LogP contribution in [0.1, 0.15) is 16.1 Å². The van der Waals surface area contributed by atoms with Crippen molar-refractivity contribution >= 4 is 40.0 Å². The number of nitrogens with two attached hydrogens (primary N) is 1. The average molecular weight is 351 g/mol. The molecule has 0 radical (unpaired) electrons. The summed E-state index contributed by atoms with van der Waals surface area (Å²) < 4.78 is 11.3. The molecule has 0 unspecified atom stereocenters. The van der Waals surface area contributed by atoms with Gasteiger partial charge in [-0.2, -0.15) is 0 Å². The molecule has 9 heteroatoms. The van der Waals surface area contributed by atoms with Crippen LogP contribution >= 0.6 is 23.1 Å². The van der Waals surface area contributed by atoms with Crippen molar-refractivity contribution in [1.82, 2.24) is 4.98 Å². The summed E-state index contributed by atoms with van der Waals surface area (Å²) >= 11 is 2.61. The molecular formula is C14H13N3O4S2. The molecule has 2 amide bonds. The number of primary amides is 1. The van der Waals surface area contributed by atoms with Crippen LogP contribution in [0.4, 0.5) is 5.13 Å². The van der Waals surface area contributed by atoms with Gasteiger partial charge in [0.2, 0.25) is 12.7 Å². The fraction of sp³-hybridized carbons (Fsp3) is 0.214. The van der Waals surface area contributed by atoms with E-state index in [1.165, 1.54) is 23.1 Å². The van der Waals surface area contributed by atoms with Gasteiger partial charge in [-0.25, -0.2) is 4.98 Å². The number of benzene rings is 1. The van der Waals surface area contributed by atoms with Crippen LogP contribution in [0.5, 0.6) is 11.5 Å². The van der Waals surface area contributed by atoms with E-state index in [4.69, 9.17) is 15.2 Å². The lowest BCUT2D eigenvalue weighted by atomic mass is 10.2. The number of rotatable bonds is 5. The Balaban J connectivity index is 1.70. The molecule has 0 aliphatic carbocycles. The molecule has 3 N–H and O–H groups in total. The SMILES string of the molecule is Cc1nc(NC(=O)c2ccc3c(c2)OCO3)sc1SCC(N)=O. The van der Waals surface area contributed by atoms with Crippen molar-refractivity contribution in [1.29, 1.82) is 0 Å². The zero-order chi connectivity index (χ0) is 16.4.